The van der Waals surface area contributed by atoms with Gasteiger partial charge >= 0.3 is 17.9 Å². The Morgan fingerprint density at radius 2 is 1.27 bits per heavy atom. The van der Waals surface area contributed by atoms with Crippen LogP contribution >= 0.6 is 12.2 Å². The highest BCUT2D eigenvalue weighted by atomic mass is 32.1. The molecule has 0 bridgehead atoms. The van der Waals surface area contributed by atoms with Gasteiger partial charge in [0.2, 0.25) is 0 Å². The summed E-state index contributed by atoms with van der Waals surface area (Å²) in [5, 5.41) is 23.7. The van der Waals surface area contributed by atoms with Gasteiger partial charge in [-0.25, -0.2) is 14.4 Å². The maximum atomic E-state index is 13.0. The lowest BCUT2D eigenvalue weighted by molar-refractivity contribution is 0.0598. The van der Waals surface area contributed by atoms with Gasteiger partial charge in [0.05, 0.1) is 40.7 Å². The zero-order valence-electron chi connectivity index (χ0n) is 19.1. The van der Waals surface area contributed by atoms with Crippen molar-refractivity contribution in [2.45, 2.75) is 0 Å². The predicted molar refractivity (Wildman–Crippen MR) is 136 cm³/mol. The Hall–Kier alpha value is -5.10. The van der Waals surface area contributed by atoms with E-state index < -0.39 is 35.3 Å². The lowest BCUT2D eigenvalue weighted by Crippen LogP contribution is -2.20. The van der Waals surface area contributed by atoms with Crippen molar-refractivity contribution >= 4 is 58.3 Å². The number of amides is 2. The first-order valence-corrected chi connectivity index (χ1v) is 10.8. The van der Waals surface area contributed by atoms with E-state index in [2.05, 4.69) is 10.6 Å². The molecule has 0 unspecified atom stereocenters. The molecule has 0 radical (unpaired) electrons. The maximum Gasteiger partial charge on any atom is 0.337 e. The normalized spacial score (nSPS) is 10.2. The monoisotopic (exact) mass is 521 g/mol. The van der Waals surface area contributed by atoms with Gasteiger partial charge in [0.25, 0.3) is 11.8 Å². The molecule has 0 fully saturated rings. The van der Waals surface area contributed by atoms with Crippen molar-refractivity contribution in [2.24, 2.45) is 5.73 Å². The molecule has 2 amide bonds. The fourth-order valence-corrected chi connectivity index (χ4v) is 3.36. The Balaban J connectivity index is 1.97. The van der Waals surface area contributed by atoms with Crippen LogP contribution in [-0.2, 0) is 4.74 Å². The van der Waals surface area contributed by atoms with Crippen molar-refractivity contribution in [3.63, 3.8) is 0 Å². The standard InChI is InChI=1S/C25H19N3O8S/c1-36-25(35)15-7-9-18(19(11-15)28-21(29)13-4-2-12(3-5-13)20(26)37)27-22(30)16-8-6-14(23(31)32)10-17(16)24(33)34/h2-11H,1H3,(H2,26,37)(H,27,30)(H,28,29)(H,31,32)(H,33,34). The zero-order valence-corrected chi connectivity index (χ0v) is 19.9. The van der Waals surface area contributed by atoms with Crippen molar-refractivity contribution in [3.8, 4) is 0 Å². The van der Waals surface area contributed by atoms with Gasteiger partial charge in [0, 0.05) is 11.1 Å². The smallest absolute Gasteiger partial charge is 0.337 e. The summed E-state index contributed by atoms with van der Waals surface area (Å²) in [7, 11) is 1.17. The molecule has 0 heterocycles. The van der Waals surface area contributed by atoms with Crippen LogP contribution in [0.2, 0.25) is 0 Å². The molecule has 37 heavy (non-hydrogen) atoms. The maximum absolute atomic E-state index is 13.0. The van der Waals surface area contributed by atoms with Crippen LogP contribution in [-0.4, -0.2) is 52.0 Å². The molecule has 3 aromatic rings. The van der Waals surface area contributed by atoms with E-state index in [0.717, 1.165) is 18.2 Å². The number of benzene rings is 3. The molecule has 12 heteroatoms. The van der Waals surface area contributed by atoms with Crippen molar-refractivity contribution < 1.29 is 38.9 Å². The molecule has 188 valence electrons. The van der Waals surface area contributed by atoms with Crippen molar-refractivity contribution in [3.05, 3.63) is 94.0 Å². The molecule has 0 aliphatic heterocycles. The quantitative estimate of drug-likeness (QED) is 0.218. The van der Waals surface area contributed by atoms with Crippen LogP contribution in [0.1, 0.15) is 57.4 Å². The minimum absolute atomic E-state index is 0.0127. The largest absolute Gasteiger partial charge is 0.478 e. The lowest BCUT2D eigenvalue weighted by atomic mass is 10.0. The molecule has 6 N–H and O–H groups in total. The van der Waals surface area contributed by atoms with Crippen LogP contribution in [0, 0.1) is 0 Å². The minimum atomic E-state index is -1.51. The van der Waals surface area contributed by atoms with Gasteiger partial charge in [0.1, 0.15) is 4.99 Å². The Kier molecular flexibility index (Phi) is 7.95. The molecular weight excluding hydrogens is 502 g/mol. The SMILES string of the molecule is COC(=O)c1ccc(NC(=O)c2ccc(C(=O)O)cc2C(=O)O)c(NC(=O)c2ccc(C(N)=S)cc2)c1. The number of esters is 1. The van der Waals surface area contributed by atoms with E-state index >= 15 is 0 Å². The second kappa shape index (κ2) is 11.1. The summed E-state index contributed by atoms with van der Waals surface area (Å²) in [6, 6.07) is 13.0. The number of rotatable bonds is 8. The van der Waals surface area contributed by atoms with E-state index in [1.807, 2.05) is 0 Å². The summed E-state index contributed by atoms with van der Waals surface area (Å²) in [6.07, 6.45) is 0. The van der Waals surface area contributed by atoms with E-state index in [4.69, 9.17) is 27.8 Å². The number of anilines is 2. The number of nitrogens with two attached hydrogens (primary N) is 1. The molecule has 3 rings (SSSR count). The number of thiocarbonyl (C=S) groups is 1. The first kappa shape index (κ1) is 26.5. The summed E-state index contributed by atoms with van der Waals surface area (Å²) in [6.45, 7) is 0. The van der Waals surface area contributed by atoms with Crippen LogP contribution in [0.3, 0.4) is 0 Å². The number of nitrogens with one attached hydrogen (secondary N) is 2. The van der Waals surface area contributed by atoms with Gasteiger partial charge in [-0.1, -0.05) is 24.4 Å². The average molecular weight is 522 g/mol. The number of carboxylic acids is 2. The number of methoxy groups -OCH3 is 1. The topological polar surface area (TPSA) is 185 Å². The van der Waals surface area contributed by atoms with Crippen molar-refractivity contribution in [1.29, 1.82) is 0 Å². The second-order valence-corrected chi connectivity index (χ2v) is 7.91. The molecule has 0 saturated carbocycles. The first-order chi connectivity index (χ1) is 17.5. The Bertz CT molecular complexity index is 1450. The van der Waals surface area contributed by atoms with Crippen LogP contribution in [0.5, 0.6) is 0 Å². The Morgan fingerprint density at radius 3 is 1.84 bits per heavy atom. The summed E-state index contributed by atoms with van der Waals surface area (Å²) in [4.78, 5) is 60.8. The lowest BCUT2D eigenvalue weighted by Gasteiger charge is -2.15. The van der Waals surface area contributed by atoms with E-state index in [9.17, 15) is 29.1 Å². The predicted octanol–water partition coefficient (Wildman–Crippen LogP) is 3.01. The van der Waals surface area contributed by atoms with Gasteiger partial charge in [-0.05, 0) is 48.5 Å². The van der Waals surface area contributed by atoms with E-state index in [1.165, 1.54) is 37.4 Å². The van der Waals surface area contributed by atoms with Gasteiger partial charge in [-0.15, -0.1) is 0 Å². The van der Waals surface area contributed by atoms with E-state index in [-0.39, 0.29) is 38.6 Å². The van der Waals surface area contributed by atoms with E-state index in [0.29, 0.717) is 5.56 Å². The van der Waals surface area contributed by atoms with Crippen molar-refractivity contribution in [2.75, 3.05) is 17.7 Å². The Labute approximate surface area is 214 Å². The second-order valence-electron chi connectivity index (χ2n) is 7.47. The Morgan fingerprint density at radius 1 is 0.703 bits per heavy atom. The summed E-state index contributed by atoms with van der Waals surface area (Å²) < 4.78 is 4.70. The van der Waals surface area contributed by atoms with Gasteiger partial charge < -0.3 is 31.3 Å². The first-order valence-electron chi connectivity index (χ1n) is 10.4. The highest BCUT2D eigenvalue weighted by Crippen LogP contribution is 2.26. The number of carboxylic acid groups (broad SMARTS) is 2. The third-order valence-electron chi connectivity index (χ3n) is 5.11. The number of hydrogen-bond donors (Lipinski definition) is 5. The van der Waals surface area contributed by atoms with Gasteiger partial charge in [-0.3, -0.25) is 9.59 Å². The summed E-state index contributed by atoms with van der Waals surface area (Å²) in [5.74, 6) is -5.06. The highest BCUT2D eigenvalue weighted by molar-refractivity contribution is 7.80. The van der Waals surface area contributed by atoms with Crippen LogP contribution in [0.15, 0.2) is 60.7 Å². The fraction of sp³-hybridized carbons (Fsp3) is 0.0400. The number of ether oxygens (including phenoxy) is 1. The third kappa shape index (κ3) is 6.13. The number of aromatic carboxylic acids is 2. The molecule has 0 spiro atoms. The molecule has 0 saturated heterocycles. The molecule has 0 aliphatic carbocycles. The minimum Gasteiger partial charge on any atom is -0.478 e. The number of hydrogen-bond acceptors (Lipinski definition) is 7. The van der Waals surface area contributed by atoms with Crippen LogP contribution < -0.4 is 16.4 Å². The van der Waals surface area contributed by atoms with E-state index in [1.54, 1.807) is 12.1 Å². The van der Waals surface area contributed by atoms with Gasteiger partial charge in [0.15, 0.2) is 0 Å². The molecule has 0 atom stereocenters. The average Bonchev–Trinajstić information content (AvgIpc) is 2.88. The highest BCUT2D eigenvalue weighted by Gasteiger charge is 2.21. The molecule has 0 aromatic heterocycles. The molecular formula is C25H19N3O8S. The van der Waals surface area contributed by atoms with Gasteiger partial charge in [-0.2, -0.15) is 0 Å². The molecule has 0 aliphatic rings. The number of carbonyl (C=O) groups is 5. The molecule has 11 nitrogen and oxygen atoms in total. The van der Waals surface area contributed by atoms with Crippen LogP contribution in [0.25, 0.3) is 0 Å². The summed E-state index contributed by atoms with van der Waals surface area (Å²) in [5.41, 5.74) is 5.28. The summed E-state index contributed by atoms with van der Waals surface area (Å²) >= 11 is 4.90. The molecule has 3 aromatic carbocycles. The van der Waals surface area contributed by atoms with Crippen LogP contribution in [0.4, 0.5) is 11.4 Å². The third-order valence-corrected chi connectivity index (χ3v) is 5.35. The number of carbonyl (C=O) groups excluding carboxylic acids is 3. The zero-order chi connectivity index (χ0) is 27.3. The fourth-order valence-electron chi connectivity index (χ4n) is 3.22. The van der Waals surface area contributed by atoms with Crippen molar-refractivity contribution in [1.82, 2.24) is 0 Å².